The van der Waals surface area contributed by atoms with Gasteiger partial charge in [-0.1, -0.05) is 41.9 Å². The number of benzene rings is 1. The minimum atomic E-state index is 0.469. The number of hydrogen-bond acceptors (Lipinski definition) is 4. The quantitative estimate of drug-likeness (QED) is 0.695. The smallest absolute Gasteiger partial charge is 0.255 e. The van der Waals surface area contributed by atoms with Crippen molar-refractivity contribution < 1.29 is 0 Å². The average molecular weight is 302 g/mol. The van der Waals surface area contributed by atoms with Crippen LogP contribution >= 0.6 is 11.6 Å². The van der Waals surface area contributed by atoms with Crippen LogP contribution in [0.5, 0.6) is 0 Å². The van der Waals surface area contributed by atoms with Crippen LogP contribution in [0.3, 0.4) is 0 Å². The van der Waals surface area contributed by atoms with Gasteiger partial charge in [-0.2, -0.15) is 19.6 Å². The Kier molecular flexibility index (Phi) is 3.75. The highest BCUT2D eigenvalue weighted by Gasteiger charge is 2.17. The summed E-state index contributed by atoms with van der Waals surface area (Å²) in [6.07, 6.45) is 1.50. The normalized spacial score (nSPS) is 11.0. The van der Waals surface area contributed by atoms with Crippen LogP contribution in [-0.4, -0.2) is 26.1 Å². The van der Waals surface area contributed by atoms with Gasteiger partial charge in [-0.15, -0.1) is 0 Å². The van der Waals surface area contributed by atoms with Gasteiger partial charge in [0, 0.05) is 18.7 Å². The summed E-state index contributed by atoms with van der Waals surface area (Å²) < 4.78 is 1.74. The van der Waals surface area contributed by atoms with E-state index in [1.54, 1.807) is 4.52 Å². The summed E-state index contributed by atoms with van der Waals surface area (Å²) in [5.74, 6) is 1.46. The molecule has 3 rings (SSSR count). The van der Waals surface area contributed by atoms with Gasteiger partial charge in [0.05, 0.1) is 0 Å². The molecular formula is C15H16ClN5. The van der Waals surface area contributed by atoms with Crippen molar-refractivity contribution in [3.63, 3.8) is 0 Å². The molecule has 2 aromatic heterocycles. The molecule has 0 atom stereocenters. The largest absolute Gasteiger partial charge is 0.352 e. The van der Waals surface area contributed by atoms with Gasteiger partial charge in [-0.25, -0.2) is 0 Å². The third-order valence-electron chi connectivity index (χ3n) is 3.47. The highest BCUT2D eigenvalue weighted by Crippen LogP contribution is 2.26. The lowest BCUT2D eigenvalue weighted by Gasteiger charge is -2.25. The zero-order valence-electron chi connectivity index (χ0n) is 12.0. The van der Waals surface area contributed by atoms with E-state index in [9.17, 15) is 0 Å². The van der Waals surface area contributed by atoms with E-state index in [1.165, 1.54) is 11.9 Å². The van der Waals surface area contributed by atoms with Crippen LogP contribution in [0.2, 0.25) is 5.15 Å². The summed E-state index contributed by atoms with van der Waals surface area (Å²) in [6, 6.07) is 10.3. The molecule has 1 aromatic carbocycles. The van der Waals surface area contributed by atoms with Crippen molar-refractivity contribution in [3.8, 4) is 0 Å². The highest BCUT2D eigenvalue weighted by molar-refractivity contribution is 6.30. The van der Waals surface area contributed by atoms with Crippen LogP contribution in [0.4, 0.5) is 5.82 Å². The maximum atomic E-state index is 6.23. The fraction of sp³-hybridized carbons (Fsp3) is 0.267. The van der Waals surface area contributed by atoms with Gasteiger partial charge in [-0.3, -0.25) is 0 Å². The molecule has 0 spiro atoms. The Balaban J connectivity index is 2.08. The number of nitrogens with zero attached hydrogens (tertiary/aromatic N) is 5. The lowest BCUT2D eigenvalue weighted by Crippen LogP contribution is -2.26. The molecule has 3 aromatic rings. The fourth-order valence-corrected chi connectivity index (χ4v) is 2.56. The number of halogens is 1. The van der Waals surface area contributed by atoms with E-state index in [4.69, 9.17) is 11.6 Å². The van der Waals surface area contributed by atoms with Crippen molar-refractivity contribution in [3.05, 3.63) is 52.9 Å². The Morgan fingerprint density at radius 2 is 2.00 bits per heavy atom. The first-order chi connectivity index (χ1) is 10.2. The van der Waals surface area contributed by atoms with Gasteiger partial charge >= 0.3 is 0 Å². The Morgan fingerprint density at radius 1 is 1.24 bits per heavy atom. The molecule has 21 heavy (non-hydrogen) atoms. The molecule has 0 unspecified atom stereocenters. The highest BCUT2D eigenvalue weighted by atomic mass is 35.5. The molecule has 2 heterocycles. The molecule has 0 N–H and O–H groups in total. The van der Waals surface area contributed by atoms with E-state index in [0.29, 0.717) is 10.9 Å². The summed E-state index contributed by atoms with van der Waals surface area (Å²) in [5, 5.41) is 4.74. The molecule has 5 nitrogen and oxygen atoms in total. The predicted octanol–water partition coefficient (Wildman–Crippen LogP) is 3.11. The molecule has 0 saturated carbocycles. The number of aromatic nitrogens is 4. The minimum absolute atomic E-state index is 0.469. The van der Waals surface area contributed by atoms with E-state index < -0.39 is 0 Å². The first-order valence-electron chi connectivity index (χ1n) is 6.85. The number of fused-ring (bicyclic) bond motifs is 1. The van der Waals surface area contributed by atoms with Gasteiger partial charge in [0.1, 0.15) is 17.3 Å². The van der Waals surface area contributed by atoms with Gasteiger partial charge in [0.15, 0.2) is 0 Å². The SMILES string of the molecule is CCN(Cc1ccccc1)c1c(C)c(Cl)nc2ncnn12. The summed E-state index contributed by atoms with van der Waals surface area (Å²) in [6.45, 7) is 5.69. The van der Waals surface area contributed by atoms with E-state index in [2.05, 4.69) is 39.0 Å². The molecule has 0 amide bonds. The Bertz CT molecular complexity index is 753. The van der Waals surface area contributed by atoms with Crippen molar-refractivity contribution in [2.75, 3.05) is 11.4 Å². The van der Waals surface area contributed by atoms with Crippen molar-refractivity contribution in [1.29, 1.82) is 0 Å². The standard InChI is InChI=1S/C15H16ClN5/c1-3-20(9-12-7-5-4-6-8-12)14-11(2)13(16)19-15-17-10-18-21(14)15/h4-8,10H,3,9H2,1-2H3. The lowest BCUT2D eigenvalue weighted by atomic mass is 10.2. The van der Waals surface area contributed by atoms with Crippen LogP contribution in [-0.2, 0) is 6.54 Å². The summed E-state index contributed by atoms with van der Waals surface area (Å²) in [5.41, 5.74) is 2.15. The van der Waals surface area contributed by atoms with Crippen LogP contribution in [0, 0.1) is 6.92 Å². The fourth-order valence-electron chi connectivity index (χ4n) is 2.40. The lowest BCUT2D eigenvalue weighted by molar-refractivity contribution is 0.769. The van der Waals surface area contributed by atoms with Crippen LogP contribution in [0.25, 0.3) is 5.78 Å². The molecule has 0 aliphatic rings. The van der Waals surface area contributed by atoms with Crippen molar-refractivity contribution in [2.24, 2.45) is 0 Å². The molecule has 0 aliphatic heterocycles. The Morgan fingerprint density at radius 3 is 2.71 bits per heavy atom. The molecule has 0 bridgehead atoms. The number of rotatable bonds is 4. The zero-order chi connectivity index (χ0) is 14.8. The molecule has 0 fully saturated rings. The molecule has 0 saturated heterocycles. The van der Waals surface area contributed by atoms with Crippen molar-refractivity contribution in [1.82, 2.24) is 19.6 Å². The topological polar surface area (TPSA) is 46.3 Å². The second-order valence-electron chi connectivity index (χ2n) is 4.82. The second kappa shape index (κ2) is 5.69. The van der Waals surface area contributed by atoms with Gasteiger partial charge in [0.2, 0.25) is 0 Å². The van der Waals surface area contributed by atoms with E-state index in [0.717, 1.165) is 24.5 Å². The molecule has 6 heteroatoms. The zero-order valence-corrected chi connectivity index (χ0v) is 12.7. The van der Waals surface area contributed by atoms with Crippen LogP contribution in [0.1, 0.15) is 18.1 Å². The Labute approximate surface area is 128 Å². The summed E-state index contributed by atoms with van der Waals surface area (Å²) in [4.78, 5) is 10.6. The van der Waals surface area contributed by atoms with E-state index in [-0.39, 0.29) is 0 Å². The predicted molar refractivity (Wildman–Crippen MR) is 83.7 cm³/mol. The average Bonchev–Trinajstić information content (AvgIpc) is 2.95. The maximum absolute atomic E-state index is 6.23. The van der Waals surface area contributed by atoms with E-state index in [1.807, 2.05) is 25.1 Å². The number of hydrogen-bond donors (Lipinski definition) is 0. The first kappa shape index (κ1) is 13.8. The number of anilines is 1. The molecule has 108 valence electrons. The Hall–Kier alpha value is -2.14. The summed E-state index contributed by atoms with van der Waals surface area (Å²) >= 11 is 6.23. The third-order valence-corrected chi connectivity index (χ3v) is 3.84. The van der Waals surface area contributed by atoms with Gasteiger partial charge < -0.3 is 4.90 Å². The first-order valence-corrected chi connectivity index (χ1v) is 7.23. The van der Waals surface area contributed by atoms with E-state index >= 15 is 0 Å². The van der Waals surface area contributed by atoms with Crippen LogP contribution < -0.4 is 4.90 Å². The van der Waals surface area contributed by atoms with Gasteiger partial charge in [-0.05, 0) is 19.4 Å². The minimum Gasteiger partial charge on any atom is -0.352 e. The summed E-state index contributed by atoms with van der Waals surface area (Å²) in [7, 11) is 0. The van der Waals surface area contributed by atoms with Crippen molar-refractivity contribution >= 4 is 23.2 Å². The molecule has 0 radical (unpaired) electrons. The second-order valence-corrected chi connectivity index (χ2v) is 5.18. The van der Waals surface area contributed by atoms with Crippen LogP contribution in [0.15, 0.2) is 36.7 Å². The third kappa shape index (κ3) is 2.56. The van der Waals surface area contributed by atoms with Gasteiger partial charge in [0.25, 0.3) is 5.78 Å². The van der Waals surface area contributed by atoms with Crippen molar-refractivity contribution in [2.45, 2.75) is 20.4 Å². The molecule has 0 aliphatic carbocycles. The molecular weight excluding hydrogens is 286 g/mol. The monoisotopic (exact) mass is 301 g/mol. The maximum Gasteiger partial charge on any atom is 0.255 e.